The van der Waals surface area contributed by atoms with E-state index in [2.05, 4.69) is 48.0 Å². The third-order valence-electron chi connectivity index (χ3n) is 5.22. The number of nitrogens with zero attached hydrogens (tertiary/aromatic N) is 1. The highest BCUT2D eigenvalue weighted by atomic mass is 35.5. The Morgan fingerprint density at radius 1 is 1.11 bits per heavy atom. The Bertz CT molecular complexity index is 774. The molecule has 0 unspecified atom stereocenters. The van der Waals surface area contributed by atoms with E-state index in [0.29, 0.717) is 16.6 Å². The van der Waals surface area contributed by atoms with Crippen LogP contribution >= 0.6 is 23.2 Å². The minimum absolute atomic E-state index is 0.157. The smallest absolute Gasteiger partial charge is 0.315 e. The molecule has 0 spiro atoms. The summed E-state index contributed by atoms with van der Waals surface area (Å²) in [5, 5.41) is 7.18. The van der Waals surface area contributed by atoms with Crippen LogP contribution in [0.15, 0.2) is 48.5 Å². The number of halogens is 2. The quantitative estimate of drug-likeness (QED) is 0.699. The molecule has 144 valence electrons. The monoisotopic (exact) mass is 406 g/mol. The minimum Gasteiger partial charge on any atom is -0.335 e. The summed E-state index contributed by atoms with van der Waals surface area (Å²) in [5.41, 5.74) is 2.18. The maximum Gasteiger partial charge on any atom is 0.315 e. The van der Waals surface area contributed by atoms with Crippen LogP contribution in [-0.2, 0) is 13.1 Å². The van der Waals surface area contributed by atoms with Gasteiger partial charge in [0, 0.05) is 41.0 Å². The summed E-state index contributed by atoms with van der Waals surface area (Å²) in [6, 6.07) is 15.9. The third kappa shape index (κ3) is 5.86. The molecule has 1 saturated heterocycles. The van der Waals surface area contributed by atoms with Gasteiger partial charge < -0.3 is 15.1 Å². The second kappa shape index (κ2) is 8.96. The fraction of sp³-hybridized carbons (Fsp3) is 0.381. The highest BCUT2D eigenvalue weighted by Crippen LogP contribution is 2.22. The van der Waals surface area contributed by atoms with Gasteiger partial charge in [0.05, 0.1) is 20.1 Å². The van der Waals surface area contributed by atoms with Gasteiger partial charge >= 0.3 is 6.03 Å². The van der Waals surface area contributed by atoms with E-state index in [1.54, 1.807) is 18.2 Å². The lowest BCUT2D eigenvalue weighted by Gasteiger charge is -2.40. The van der Waals surface area contributed by atoms with Crippen molar-refractivity contribution >= 4 is 29.2 Å². The summed E-state index contributed by atoms with van der Waals surface area (Å²) in [6.45, 7) is 3.51. The van der Waals surface area contributed by atoms with Gasteiger partial charge in [-0.25, -0.2) is 4.79 Å². The average molecular weight is 407 g/mol. The van der Waals surface area contributed by atoms with Crippen molar-refractivity contribution in [1.82, 2.24) is 10.6 Å². The van der Waals surface area contributed by atoms with E-state index in [1.807, 2.05) is 0 Å². The molecule has 0 saturated carbocycles. The Kier molecular flexibility index (Phi) is 6.64. The lowest BCUT2D eigenvalue weighted by Crippen LogP contribution is -2.54. The molecule has 1 fully saturated rings. The van der Waals surface area contributed by atoms with Crippen LogP contribution in [0.25, 0.3) is 0 Å². The predicted molar refractivity (Wildman–Crippen MR) is 111 cm³/mol. The van der Waals surface area contributed by atoms with Gasteiger partial charge in [-0.15, -0.1) is 0 Å². The first-order chi connectivity index (χ1) is 12.9. The Balaban J connectivity index is 1.44. The zero-order chi connectivity index (χ0) is 19.3. The lowest BCUT2D eigenvalue weighted by molar-refractivity contribution is -0.927. The Labute approximate surface area is 171 Å². The summed E-state index contributed by atoms with van der Waals surface area (Å²) in [5.74, 6) is 0. The number of hydrogen-bond acceptors (Lipinski definition) is 1. The number of nitrogens with one attached hydrogen (secondary N) is 2. The normalized spacial score (nSPS) is 22.3. The molecule has 2 amide bonds. The number of likely N-dealkylation sites (tertiary alicyclic amines) is 1. The van der Waals surface area contributed by atoms with E-state index in [-0.39, 0.29) is 12.1 Å². The largest absolute Gasteiger partial charge is 0.335 e. The van der Waals surface area contributed by atoms with Crippen LogP contribution in [0.1, 0.15) is 24.0 Å². The third-order valence-corrected chi connectivity index (χ3v) is 5.83. The van der Waals surface area contributed by atoms with Crippen molar-refractivity contribution in [3.63, 3.8) is 0 Å². The standard InChI is InChI=1S/C21H25Cl2N3O/c1-26(15-16-5-3-2-4-6-16)11-9-19(10-12-26)25-21(27)24-14-17-13-18(22)7-8-20(17)23/h2-8,13,19H,9-12,14-15H2,1H3,(H-,24,25,27)/p+1. The molecule has 2 aromatic carbocycles. The molecule has 3 rings (SSSR count). The van der Waals surface area contributed by atoms with Crippen molar-refractivity contribution in [3.05, 3.63) is 69.7 Å². The molecule has 0 bridgehead atoms. The van der Waals surface area contributed by atoms with Gasteiger partial charge in [-0.3, -0.25) is 0 Å². The number of rotatable bonds is 5. The summed E-state index contributed by atoms with van der Waals surface area (Å²) in [6.07, 6.45) is 1.96. The number of piperidine rings is 1. The number of urea groups is 1. The molecule has 1 aliphatic rings. The van der Waals surface area contributed by atoms with Crippen LogP contribution in [-0.4, -0.2) is 36.7 Å². The van der Waals surface area contributed by atoms with Crippen molar-refractivity contribution in [2.45, 2.75) is 32.0 Å². The van der Waals surface area contributed by atoms with E-state index in [4.69, 9.17) is 23.2 Å². The average Bonchev–Trinajstić information content (AvgIpc) is 2.65. The molecule has 0 aliphatic carbocycles. The molecule has 4 nitrogen and oxygen atoms in total. The van der Waals surface area contributed by atoms with Gasteiger partial charge in [0.25, 0.3) is 0 Å². The zero-order valence-electron chi connectivity index (χ0n) is 15.6. The molecule has 1 aliphatic heterocycles. The fourth-order valence-electron chi connectivity index (χ4n) is 3.61. The first-order valence-electron chi connectivity index (χ1n) is 9.29. The molecule has 0 aromatic heterocycles. The summed E-state index contributed by atoms with van der Waals surface area (Å²) >= 11 is 12.1. The second-order valence-corrected chi connectivity index (χ2v) is 8.39. The highest BCUT2D eigenvalue weighted by Gasteiger charge is 2.30. The second-order valence-electron chi connectivity index (χ2n) is 7.55. The summed E-state index contributed by atoms with van der Waals surface area (Å²) < 4.78 is 1.02. The van der Waals surface area contributed by atoms with E-state index in [9.17, 15) is 4.79 Å². The molecule has 0 radical (unpaired) electrons. The van der Waals surface area contributed by atoms with Crippen LogP contribution in [0, 0.1) is 0 Å². The number of hydrogen-bond donors (Lipinski definition) is 2. The fourth-order valence-corrected chi connectivity index (χ4v) is 3.99. The van der Waals surface area contributed by atoms with Gasteiger partial charge in [0.15, 0.2) is 0 Å². The molecule has 1 heterocycles. The summed E-state index contributed by atoms with van der Waals surface area (Å²) in [7, 11) is 2.30. The van der Waals surface area contributed by atoms with Crippen LogP contribution < -0.4 is 10.6 Å². The van der Waals surface area contributed by atoms with Crippen molar-refractivity contribution < 1.29 is 9.28 Å². The molecule has 2 N–H and O–H groups in total. The van der Waals surface area contributed by atoms with Crippen LogP contribution in [0.4, 0.5) is 4.79 Å². The number of carbonyl (C=O) groups excluding carboxylic acids is 1. The van der Waals surface area contributed by atoms with Crippen LogP contribution in [0.5, 0.6) is 0 Å². The summed E-state index contributed by atoms with van der Waals surface area (Å²) in [4.78, 5) is 12.2. The molecule has 0 atom stereocenters. The van der Waals surface area contributed by atoms with Gasteiger partial charge in [-0.2, -0.15) is 0 Å². The van der Waals surface area contributed by atoms with Gasteiger partial charge in [0.1, 0.15) is 6.54 Å². The van der Waals surface area contributed by atoms with Crippen LogP contribution in [0.3, 0.4) is 0 Å². The number of quaternary nitrogens is 1. The van der Waals surface area contributed by atoms with E-state index in [0.717, 1.165) is 42.5 Å². The maximum absolute atomic E-state index is 12.2. The molecule has 27 heavy (non-hydrogen) atoms. The Hall–Kier alpha value is -1.75. The number of carbonyl (C=O) groups is 1. The highest BCUT2D eigenvalue weighted by molar-refractivity contribution is 6.33. The van der Waals surface area contributed by atoms with E-state index >= 15 is 0 Å². The zero-order valence-corrected chi connectivity index (χ0v) is 17.1. The van der Waals surface area contributed by atoms with Crippen molar-refractivity contribution in [2.24, 2.45) is 0 Å². The minimum atomic E-state index is -0.157. The molecule has 6 heteroatoms. The van der Waals surface area contributed by atoms with E-state index in [1.165, 1.54) is 5.56 Å². The Morgan fingerprint density at radius 3 is 2.52 bits per heavy atom. The van der Waals surface area contributed by atoms with E-state index < -0.39 is 0 Å². The first kappa shape index (κ1) is 20.0. The number of amides is 2. The van der Waals surface area contributed by atoms with Crippen molar-refractivity contribution in [3.8, 4) is 0 Å². The molecular weight excluding hydrogens is 381 g/mol. The molecule has 2 aromatic rings. The van der Waals surface area contributed by atoms with Gasteiger partial charge in [0.2, 0.25) is 0 Å². The maximum atomic E-state index is 12.2. The number of benzene rings is 2. The SMILES string of the molecule is C[N+]1(Cc2ccccc2)CCC(NC(=O)NCc2cc(Cl)ccc2Cl)CC1. The predicted octanol–water partition coefficient (Wildman–Crippen LogP) is 4.60. The van der Waals surface area contributed by atoms with Gasteiger partial charge in [-0.05, 0) is 23.8 Å². The lowest BCUT2D eigenvalue weighted by atomic mass is 10.0. The molecular formula is C21H26Cl2N3O+. The Morgan fingerprint density at radius 2 is 1.81 bits per heavy atom. The van der Waals surface area contributed by atoms with Gasteiger partial charge in [-0.1, -0.05) is 53.5 Å². The topological polar surface area (TPSA) is 41.1 Å². The van der Waals surface area contributed by atoms with Crippen molar-refractivity contribution in [1.29, 1.82) is 0 Å². The first-order valence-corrected chi connectivity index (χ1v) is 10.0. The van der Waals surface area contributed by atoms with Crippen LogP contribution in [0.2, 0.25) is 10.0 Å². The van der Waals surface area contributed by atoms with Crippen molar-refractivity contribution in [2.75, 3.05) is 20.1 Å².